The van der Waals surface area contributed by atoms with Gasteiger partial charge in [-0.15, -0.1) is 0 Å². The number of likely N-dealkylation sites (N-methyl/N-ethyl adjacent to an activating group) is 1. The first-order valence-corrected chi connectivity index (χ1v) is 9.62. The van der Waals surface area contributed by atoms with E-state index < -0.39 is 0 Å². The van der Waals surface area contributed by atoms with Crippen molar-refractivity contribution >= 4 is 11.0 Å². The zero-order chi connectivity index (χ0) is 18.8. The van der Waals surface area contributed by atoms with Crippen LogP contribution in [0.25, 0.3) is 11.0 Å². The highest BCUT2D eigenvalue weighted by atomic mass is 16.1. The summed E-state index contributed by atoms with van der Waals surface area (Å²) in [6, 6.07) is 3.96. The van der Waals surface area contributed by atoms with Gasteiger partial charge >= 0.3 is 0 Å². The average molecular weight is 362 g/mol. The van der Waals surface area contributed by atoms with Crippen molar-refractivity contribution in [3.05, 3.63) is 75.4 Å². The molecule has 5 nitrogen and oxygen atoms in total. The zero-order valence-electron chi connectivity index (χ0n) is 16.0. The third-order valence-electron chi connectivity index (χ3n) is 5.38. The summed E-state index contributed by atoms with van der Waals surface area (Å²) in [4.78, 5) is 24.2. The van der Waals surface area contributed by atoms with Crippen molar-refractivity contribution in [3.8, 4) is 0 Å². The molecule has 0 spiro atoms. The van der Waals surface area contributed by atoms with Crippen LogP contribution in [-0.2, 0) is 13.0 Å². The summed E-state index contributed by atoms with van der Waals surface area (Å²) in [5.74, 6) is 0. The molecule has 2 aromatic heterocycles. The number of nitrogens with zero attached hydrogens (tertiary/aromatic N) is 3. The normalized spacial score (nSPS) is 17.9. The number of H-pyrrole nitrogens is 1. The van der Waals surface area contributed by atoms with Crippen molar-refractivity contribution < 1.29 is 0 Å². The molecule has 2 aromatic rings. The number of aromatic amines is 1. The zero-order valence-corrected chi connectivity index (χ0v) is 16.0. The van der Waals surface area contributed by atoms with E-state index in [0.717, 1.165) is 61.2 Å². The van der Waals surface area contributed by atoms with Gasteiger partial charge in [0.1, 0.15) is 0 Å². The first-order valence-electron chi connectivity index (χ1n) is 9.62. The van der Waals surface area contributed by atoms with E-state index in [1.54, 1.807) is 0 Å². The van der Waals surface area contributed by atoms with E-state index in [2.05, 4.69) is 57.3 Å². The SMILES string of the molecule is CCc1cc2ncc(CN3CC=C(C4=CC=CN(C)C4)CC3)cc2[nH]c1=O. The number of pyridine rings is 2. The number of allylic oxidation sites excluding steroid dienone is 2. The van der Waals surface area contributed by atoms with Crippen LogP contribution in [0.2, 0.25) is 0 Å². The van der Waals surface area contributed by atoms with E-state index in [-0.39, 0.29) is 5.56 Å². The maximum absolute atomic E-state index is 12.1. The van der Waals surface area contributed by atoms with Gasteiger partial charge in [0.2, 0.25) is 0 Å². The standard InChI is InChI=1S/C22H26N4O/c1-3-17-12-20-21(24-22(17)27)11-16(13-23-20)14-26-9-6-18(7-10-26)19-5-4-8-25(2)15-19/h4-6,8,11-13H,3,7,9-10,14-15H2,1-2H3,(H,24,27). The number of fused-ring (bicyclic) bond motifs is 1. The molecule has 4 rings (SSSR count). The third kappa shape index (κ3) is 3.88. The van der Waals surface area contributed by atoms with Gasteiger partial charge in [-0.25, -0.2) is 0 Å². The summed E-state index contributed by atoms with van der Waals surface area (Å²) < 4.78 is 0. The lowest BCUT2D eigenvalue weighted by Gasteiger charge is -2.29. The predicted octanol–water partition coefficient (Wildman–Crippen LogP) is 3.00. The number of hydrogen-bond donors (Lipinski definition) is 1. The highest BCUT2D eigenvalue weighted by Crippen LogP contribution is 2.23. The van der Waals surface area contributed by atoms with E-state index in [1.807, 2.05) is 19.2 Å². The molecule has 0 fully saturated rings. The Balaban J connectivity index is 1.46. The Morgan fingerprint density at radius 3 is 2.89 bits per heavy atom. The summed E-state index contributed by atoms with van der Waals surface area (Å²) in [6.07, 6.45) is 12.5. The number of nitrogens with one attached hydrogen (secondary N) is 1. The van der Waals surface area contributed by atoms with E-state index in [0.29, 0.717) is 0 Å². The van der Waals surface area contributed by atoms with Crippen molar-refractivity contribution in [2.45, 2.75) is 26.3 Å². The van der Waals surface area contributed by atoms with Gasteiger partial charge in [-0.05, 0) is 54.0 Å². The molecule has 0 amide bonds. The first kappa shape index (κ1) is 17.7. The molecule has 2 aliphatic heterocycles. The largest absolute Gasteiger partial charge is 0.376 e. The number of rotatable bonds is 4. The van der Waals surface area contributed by atoms with Crippen LogP contribution >= 0.6 is 0 Å². The van der Waals surface area contributed by atoms with Gasteiger partial charge in [-0.3, -0.25) is 14.7 Å². The van der Waals surface area contributed by atoms with Gasteiger partial charge in [0.05, 0.1) is 11.0 Å². The van der Waals surface area contributed by atoms with E-state index in [9.17, 15) is 4.79 Å². The highest BCUT2D eigenvalue weighted by molar-refractivity contribution is 5.74. The summed E-state index contributed by atoms with van der Waals surface area (Å²) >= 11 is 0. The van der Waals surface area contributed by atoms with Crippen molar-refractivity contribution in [1.82, 2.24) is 19.8 Å². The molecule has 2 aliphatic rings. The predicted molar refractivity (Wildman–Crippen MR) is 110 cm³/mol. The maximum Gasteiger partial charge on any atom is 0.251 e. The van der Waals surface area contributed by atoms with Crippen molar-refractivity contribution in [2.75, 3.05) is 26.7 Å². The van der Waals surface area contributed by atoms with Crippen molar-refractivity contribution in [3.63, 3.8) is 0 Å². The first-order chi connectivity index (χ1) is 13.1. The quantitative estimate of drug-likeness (QED) is 0.908. The van der Waals surface area contributed by atoms with Crippen molar-refractivity contribution in [2.24, 2.45) is 0 Å². The molecule has 4 heterocycles. The molecule has 1 N–H and O–H groups in total. The molecule has 140 valence electrons. The van der Waals surface area contributed by atoms with Crippen LogP contribution in [0.4, 0.5) is 0 Å². The van der Waals surface area contributed by atoms with Crippen molar-refractivity contribution in [1.29, 1.82) is 0 Å². The molecule has 0 aliphatic carbocycles. The fourth-order valence-electron chi connectivity index (χ4n) is 3.81. The lowest BCUT2D eigenvalue weighted by Crippen LogP contribution is -2.30. The Hall–Kier alpha value is -2.66. The number of aryl methyl sites for hydroxylation is 1. The summed E-state index contributed by atoms with van der Waals surface area (Å²) in [6.45, 7) is 5.82. The Kier molecular flexibility index (Phi) is 4.94. The average Bonchev–Trinajstić information content (AvgIpc) is 2.68. The van der Waals surface area contributed by atoms with Crippen LogP contribution in [0, 0.1) is 0 Å². The molecule has 0 atom stereocenters. The third-order valence-corrected chi connectivity index (χ3v) is 5.38. The number of hydrogen-bond acceptors (Lipinski definition) is 4. The van der Waals surface area contributed by atoms with E-state index >= 15 is 0 Å². The topological polar surface area (TPSA) is 52.2 Å². The van der Waals surface area contributed by atoms with Crippen LogP contribution in [-0.4, -0.2) is 46.4 Å². The Morgan fingerprint density at radius 2 is 2.15 bits per heavy atom. The lowest BCUT2D eigenvalue weighted by molar-refractivity contribution is 0.286. The van der Waals surface area contributed by atoms with Gasteiger partial charge in [-0.2, -0.15) is 0 Å². The summed E-state index contributed by atoms with van der Waals surface area (Å²) in [7, 11) is 2.11. The minimum Gasteiger partial charge on any atom is -0.376 e. The number of aromatic nitrogens is 2. The fraction of sp³-hybridized carbons (Fsp3) is 0.364. The molecule has 0 aromatic carbocycles. The smallest absolute Gasteiger partial charge is 0.251 e. The van der Waals surface area contributed by atoms with Crippen LogP contribution in [0.5, 0.6) is 0 Å². The Labute approximate surface area is 159 Å². The summed E-state index contributed by atoms with van der Waals surface area (Å²) in [5.41, 5.74) is 6.50. The monoisotopic (exact) mass is 362 g/mol. The van der Waals surface area contributed by atoms with Crippen LogP contribution in [0.3, 0.4) is 0 Å². The van der Waals surface area contributed by atoms with Gasteiger partial charge in [0.25, 0.3) is 5.56 Å². The van der Waals surface area contributed by atoms with E-state index in [4.69, 9.17) is 0 Å². The second-order valence-electron chi connectivity index (χ2n) is 7.42. The minimum atomic E-state index is -0.00530. The molecule has 0 saturated heterocycles. The van der Waals surface area contributed by atoms with Crippen LogP contribution in [0.1, 0.15) is 24.5 Å². The van der Waals surface area contributed by atoms with Gasteiger partial charge in [0, 0.05) is 45.0 Å². The van der Waals surface area contributed by atoms with Gasteiger partial charge < -0.3 is 9.88 Å². The fourth-order valence-corrected chi connectivity index (χ4v) is 3.81. The summed E-state index contributed by atoms with van der Waals surface area (Å²) in [5, 5.41) is 0. The lowest BCUT2D eigenvalue weighted by atomic mass is 9.97. The van der Waals surface area contributed by atoms with Gasteiger partial charge in [-0.1, -0.05) is 19.1 Å². The second kappa shape index (κ2) is 7.53. The van der Waals surface area contributed by atoms with Crippen LogP contribution < -0.4 is 5.56 Å². The molecular weight excluding hydrogens is 336 g/mol. The molecule has 27 heavy (non-hydrogen) atoms. The van der Waals surface area contributed by atoms with E-state index in [1.165, 1.54) is 11.1 Å². The molecular formula is C22H26N4O. The highest BCUT2D eigenvalue weighted by Gasteiger charge is 2.16. The van der Waals surface area contributed by atoms with Crippen LogP contribution in [0.15, 0.2) is 58.7 Å². The minimum absolute atomic E-state index is 0.00530. The molecule has 0 saturated carbocycles. The Morgan fingerprint density at radius 1 is 1.26 bits per heavy atom. The Bertz CT molecular complexity index is 999. The second-order valence-corrected chi connectivity index (χ2v) is 7.42. The molecule has 5 heteroatoms. The molecule has 0 bridgehead atoms. The maximum atomic E-state index is 12.1. The van der Waals surface area contributed by atoms with Gasteiger partial charge in [0.15, 0.2) is 0 Å². The molecule has 0 unspecified atom stereocenters. The molecule has 0 radical (unpaired) electrons.